The summed E-state index contributed by atoms with van der Waals surface area (Å²) < 4.78 is 0. The maximum Gasteiger partial charge on any atom is 0.0474 e. The highest BCUT2D eigenvalue weighted by Crippen LogP contribution is 2.27. The van der Waals surface area contributed by atoms with E-state index in [0.717, 1.165) is 12.8 Å². The molecule has 0 fully saturated rings. The van der Waals surface area contributed by atoms with E-state index in [0.29, 0.717) is 0 Å². The van der Waals surface area contributed by atoms with Crippen molar-refractivity contribution in [1.82, 2.24) is 5.43 Å². The number of benzene rings is 1. The van der Waals surface area contributed by atoms with Crippen molar-refractivity contribution in [2.75, 3.05) is 6.26 Å². The predicted octanol–water partition coefficient (Wildman–Crippen LogP) is 2.88. The van der Waals surface area contributed by atoms with Gasteiger partial charge in [0, 0.05) is 10.9 Å². The van der Waals surface area contributed by atoms with E-state index in [1.54, 1.807) is 11.8 Å². The molecule has 0 saturated heterocycles. The molecular formula is C12H18N2S. The molecule has 82 valence electrons. The molecule has 1 unspecified atom stereocenters. The van der Waals surface area contributed by atoms with Crippen molar-refractivity contribution < 1.29 is 0 Å². The first kappa shape index (κ1) is 12.3. The third kappa shape index (κ3) is 3.38. The van der Waals surface area contributed by atoms with Gasteiger partial charge >= 0.3 is 0 Å². The molecule has 0 aliphatic carbocycles. The van der Waals surface area contributed by atoms with Gasteiger partial charge in [0.1, 0.15) is 0 Å². The molecule has 3 N–H and O–H groups in total. The summed E-state index contributed by atoms with van der Waals surface area (Å²) >= 11 is 1.75. The minimum Gasteiger partial charge on any atom is -0.271 e. The van der Waals surface area contributed by atoms with Gasteiger partial charge in [-0.1, -0.05) is 24.3 Å². The van der Waals surface area contributed by atoms with Gasteiger partial charge in [0.2, 0.25) is 0 Å². The number of hydrogen-bond acceptors (Lipinski definition) is 3. The minimum absolute atomic E-state index is 0.214. The standard InChI is InChI=1S/C12H18N2S/c1-3-4-8-11(14-13)10-7-5-6-9-12(10)15-2/h3,5-7,9,11,14H,1,4,8,13H2,2H3. The molecule has 0 bridgehead atoms. The average molecular weight is 222 g/mol. The number of allylic oxidation sites excluding steroid dienone is 1. The number of nitrogens with two attached hydrogens (primary N) is 1. The van der Waals surface area contributed by atoms with Crippen molar-refractivity contribution in [2.24, 2.45) is 5.84 Å². The number of hydrazine groups is 1. The summed E-state index contributed by atoms with van der Waals surface area (Å²) in [5, 5.41) is 0. The van der Waals surface area contributed by atoms with Gasteiger partial charge in [-0.25, -0.2) is 0 Å². The Hall–Kier alpha value is -0.770. The van der Waals surface area contributed by atoms with Crippen LogP contribution in [0, 0.1) is 0 Å². The lowest BCUT2D eigenvalue weighted by atomic mass is 10.0. The highest BCUT2D eigenvalue weighted by Gasteiger charge is 2.11. The molecule has 0 saturated carbocycles. The number of rotatable bonds is 6. The molecule has 0 amide bonds. The summed E-state index contributed by atoms with van der Waals surface area (Å²) in [4.78, 5) is 1.28. The smallest absolute Gasteiger partial charge is 0.0474 e. The van der Waals surface area contributed by atoms with E-state index in [1.807, 2.05) is 12.1 Å². The summed E-state index contributed by atoms with van der Waals surface area (Å²) in [5.41, 5.74) is 4.14. The van der Waals surface area contributed by atoms with Crippen molar-refractivity contribution >= 4 is 11.8 Å². The van der Waals surface area contributed by atoms with Crippen LogP contribution in [0.4, 0.5) is 0 Å². The zero-order chi connectivity index (χ0) is 11.1. The summed E-state index contributed by atoms with van der Waals surface area (Å²) in [7, 11) is 0. The molecule has 1 rings (SSSR count). The van der Waals surface area contributed by atoms with Crippen molar-refractivity contribution in [2.45, 2.75) is 23.8 Å². The number of thioether (sulfide) groups is 1. The third-order valence-electron chi connectivity index (χ3n) is 2.37. The van der Waals surface area contributed by atoms with Crippen LogP contribution in [-0.2, 0) is 0 Å². The van der Waals surface area contributed by atoms with Crippen LogP contribution >= 0.6 is 11.8 Å². The summed E-state index contributed by atoms with van der Waals surface area (Å²) in [6.07, 6.45) is 5.96. The molecule has 3 heteroatoms. The Kier molecular flexibility index (Phi) is 5.47. The Balaban J connectivity index is 2.84. The van der Waals surface area contributed by atoms with Crippen LogP contribution in [0.3, 0.4) is 0 Å². The van der Waals surface area contributed by atoms with Crippen LogP contribution in [0.25, 0.3) is 0 Å². The molecule has 15 heavy (non-hydrogen) atoms. The Labute approximate surface area is 95.9 Å². The molecule has 1 aromatic carbocycles. The fourth-order valence-electron chi connectivity index (χ4n) is 1.57. The van der Waals surface area contributed by atoms with Crippen LogP contribution in [0.5, 0.6) is 0 Å². The van der Waals surface area contributed by atoms with E-state index in [2.05, 4.69) is 36.5 Å². The first-order valence-corrected chi connectivity index (χ1v) is 6.26. The Bertz CT molecular complexity index is 312. The van der Waals surface area contributed by atoms with Crippen LogP contribution in [-0.4, -0.2) is 6.26 Å². The van der Waals surface area contributed by atoms with Gasteiger partial charge in [-0.2, -0.15) is 0 Å². The van der Waals surface area contributed by atoms with E-state index >= 15 is 0 Å². The van der Waals surface area contributed by atoms with Gasteiger partial charge in [-0.05, 0) is 30.7 Å². The van der Waals surface area contributed by atoms with Gasteiger partial charge in [0.05, 0.1) is 0 Å². The average Bonchev–Trinajstić information content (AvgIpc) is 2.30. The van der Waals surface area contributed by atoms with Crippen molar-refractivity contribution in [3.8, 4) is 0 Å². The van der Waals surface area contributed by atoms with E-state index in [9.17, 15) is 0 Å². The van der Waals surface area contributed by atoms with Crippen LogP contribution in [0.15, 0.2) is 41.8 Å². The third-order valence-corrected chi connectivity index (χ3v) is 3.19. The van der Waals surface area contributed by atoms with Crippen molar-refractivity contribution in [3.05, 3.63) is 42.5 Å². The molecule has 0 radical (unpaired) electrons. The second-order valence-corrected chi connectivity index (χ2v) is 4.18. The molecule has 0 heterocycles. The van der Waals surface area contributed by atoms with Crippen LogP contribution in [0.2, 0.25) is 0 Å². The molecule has 0 aromatic heterocycles. The number of nitrogens with one attached hydrogen (secondary N) is 1. The highest BCUT2D eigenvalue weighted by atomic mass is 32.2. The predicted molar refractivity (Wildman–Crippen MR) is 67.7 cm³/mol. The molecule has 1 aromatic rings. The summed E-state index contributed by atoms with van der Waals surface area (Å²) in [6.45, 7) is 3.73. The van der Waals surface area contributed by atoms with Gasteiger partial charge in [-0.15, -0.1) is 18.3 Å². The van der Waals surface area contributed by atoms with Gasteiger partial charge in [-0.3, -0.25) is 11.3 Å². The second-order valence-electron chi connectivity index (χ2n) is 3.33. The number of hydrogen-bond donors (Lipinski definition) is 2. The zero-order valence-corrected chi connectivity index (χ0v) is 9.89. The molecular weight excluding hydrogens is 204 g/mol. The monoisotopic (exact) mass is 222 g/mol. The SMILES string of the molecule is C=CCCC(NN)c1ccccc1SC. The Morgan fingerprint density at radius 1 is 1.53 bits per heavy atom. The summed E-state index contributed by atoms with van der Waals surface area (Å²) in [6, 6.07) is 8.56. The van der Waals surface area contributed by atoms with Crippen LogP contribution < -0.4 is 11.3 Å². The maximum atomic E-state index is 5.58. The second kappa shape index (κ2) is 6.67. The quantitative estimate of drug-likeness (QED) is 0.336. The molecule has 2 nitrogen and oxygen atoms in total. The summed E-state index contributed by atoms with van der Waals surface area (Å²) in [5.74, 6) is 5.58. The van der Waals surface area contributed by atoms with E-state index in [-0.39, 0.29) is 6.04 Å². The lowest BCUT2D eigenvalue weighted by Gasteiger charge is -2.18. The Morgan fingerprint density at radius 2 is 2.27 bits per heavy atom. The molecule has 1 atom stereocenters. The largest absolute Gasteiger partial charge is 0.271 e. The topological polar surface area (TPSA) is 38.0 Å². The van der Waals surface area contributed by atoms with Crippen molar-refractivity contribution in [1.29, 1.82) is 0 Å². The van der Waals surface area contributed by atoms with Gasteiger partial charge in [0.25, 0.3) is 0 Å². The first-order chi connectivity index (χ1) is 7.33. The highest BCUT2D eigenvalue weighted by molar-refractivity contribution is 7.98. The van der Waals surface area contributed by atoms with E-state index in [4.69, 9.17) is 5.84 Å². The molecule has 0 aliphatic heterocycles. The van der Waals surface area contributed by atoms with Crippen molar-refractivity contribution in [3.63, 3.8) is 0 Å². The van der Waals surface area contributed by atoms with Crippen LogP contribution in [0.1, 0.15) is 24.4 Å². The molecule has 0 spiro atoms. The van der Waals surface area contributed by atoms with Gasteiger partial charge in [0.15, 0.2) is 0 Å². The fourth-order valence-corrected chi connectivity index (χ4v) is 2.23. The fraction of sp³-hybridized carbons (Fsp3) is 0.333. The van der Waals surface area contributed by atoms with E-state index < -0.39 is 0 Å². The Morgan fingerprint density at radius 3 is 2.87 bits per heavy atom. The minimum atomic E-state index is 0.214. The lowest BCUT2D eigenvalue weighted by molar-refractivity contribution is 0.514. The maximum absolute atomic E-state index is 5.58. The van der Waals surface area contributed by atoms with Gasteiger partial charge < -0.3 is 0 Å². The lowest BCUT2D eigenvalue weighted by Crippen LogP contribution is -2.28. The zero-order valence-electron chi connectivity index (χ0n) is 9.07. The van der Waals surface area contributed by atoms with E-state index in [1.165, 1.54) is 10.5 Å². The molecule has 0 aliphatic rings. The normalized spacial score (nSPS) is 12.4. The first-order valence-electron chi connectivity index (χ1n) is 5.03.